The summed E-state index contributed by atoms with van der Waals surface area (Å²) in [4.78, 5) is 12.0. The Labute approximate surface area is 131 Å². The second-order valence-electron chi connectivity index (χ2n) is 8.02. The van der Waals surface area contributed by atoms with E-state index in [0.29, 0.717) is 24.7 Å². The van der Waals surface area contributed by atoms with Gasteiger partial charge in [0.15, 0.2) is 0 Å². The smallest absolute Gasteiger partial charge is 0.267 e. The Morgan fingerprint density at radius 1 is 1.23 bits per heavy atom. The van der Waals surface area contributed by atoms with E-state index in [1.807, 2.05) is 0 Å². The van der Waals surface area contributed by atoms with Gasteiger partial charge in [-0.1, -0.05) is 0 Å². The molecule has 0 aromatic carbocycles. The third-order valence-electron chi connectivity index (χ3n) is 6.28. The fraction of sp³-hybridized carbons (Fsp3) is 0.933. The van der Waals surface area contributed by atoms with E-state index in [2.05, 4.69) is 0 Å². The molecular formula is C15H26N2O4S. The minimum Gasteiger partial charge on any atom is -0.369 e. The third kappa shape index (κ3) is 2.67. The molecule has 0 aliphatic heterocycles. The number of hydrogen-bond acceptors (Lipinski definition) is 4. The molecule has 4 fully saturated rings. The van der Waals surface area contributed by atoms with Gasteiger partial charge in [0.2, 0.25) is 5.91 Å². The number of hydrogen-bond donors (Lipinski definition) is 3. The van der Waals surface area contributed by atoms with Crippen LogP contribution in [0.3, 0.4) is 0 Å². The van der Waals surface area contributed by atoms with Crippen LogP contribution in [0.25, 0.3) is 0 Å². The zero-order valence-electron chi connectivity index (χ0n) is 12.8. The molecule has 4 saturated carbocycles. The minimum absolute atomic E-state index is 0.172. The molecule has 4 aliphatic rings. The van der Waals surface area contributed by atoms with E-state index in [-0.39, 0.29) is 24.3 Å². The van der Waals surface area contributed by atoms with Gasteiger partial charge in [-0.05, 0) is 75.2 Å². The Morgan fingerprint density at radius 2 is 1.82 bits per heavy atom. The first-order chi connectivity index (χ1) is 10.2. The highest BCUT2D eigenvalue weighted by atomic mass is 32.2. The Bertz CT molecular complexity index is 560. The standard InChI is InChI=1S/C15H26N2O4S/c16-2-1-12(22(19,20)21)8-14-4-10-3-11(5-14)7-15(6-10,9-14)13(17)18/h10-12H,1-9,16H2,(H2,17,18)(H,19,20,21). The van der Waals surface area contributed by atoms with E-state index in [1.54, 1.807) is 0 Å². The average molecular weight is 330 g/mol. The number of primary amides is 1. The lowest BCUT2D eigenvalue weighted by Gasteiger charge is -2.61. The van der Waals surface area contributed by atoms with E-state index >= 15 is 0 Å². The van der Waals surface area contributed by atoms with Crippen molar-refractivity contribution in [2.24, 2.45) is 34.1 Å². The van der Waals surface area contributed by atoms with Crippen molar-refractivity contribution in [1.82, 2.24) is 0 Å². The maximum Gasteiger partial charge on any atom is 0.267 e. The molecule has 1 amide bonds. The molecular weight excluding hydrogens is 304 g/mol. The lowest BCUT2D eigenvalue weighted by Crippen LogP contribution is -2.57. The molecule has 3 unspecified atom stereocenters. The van der Waals surface area contributed by atoms with Crippen LogP contribution in [-0.4, -0.2) is 30.7 Å². The highest BCUT2D eigenvalue weighted by Gasteiger charge is 2.60. The van der Waals surface area contributed by atoms with Crippen molar-refractivity contribution in [1.29, 1.82) is 0 Å². The summed E-state index contributed by atoms with van der Waals surface area (Å²) in [6.45, 7) is 0.231. The van der Waals surface area contributed by atoms with Gasteiger partial charge in [0.1, 0.15) is 0 Å². The van der Waals surface area contributed by atoms with Crippen molar-refractivity contribution in [3.05, 3.63) is 0 Å². The Kier molecular flexibility index (Phi) is 3.81. The zero-order valence-corrected chi connectivity index (χ0v) is 13.6. The second-order valence-corrected chi connectivity index (χ2v) is 9.72. The van der Waals surface area contributed by atoms with Gasteiger partial charge in [-0.3, -0.25) is 9.35 Å². The SMILES string of the molecule is NCCC(CC12CC3CC(C1)CC(C(N)=O)(C3)C2)S(=O)(=O)O. The number of amides is 1. The second kappa shape index (κ2) is 5.18. The molecule has 3 atom stereocenters. The lowest BCUT2D eigenvalue weighted by molar-refractivity contribution is -0.155. The highest BCUT2D eigenvalue weighted by molar-refractivity contribution is 7.86. The molecule has 0 spiro atoms. The molecule has 6 nitrogen and oxygen atoms in total. The van der Waals surface area contributed by atoms with Crippen LogP contribution in [0.2, 0.25) is 0 Å². The summed E-state index contributed by atoms with van der Waals surface area (Å²) in [5.74, 6) is 0.704. The minimum atomic E-state index is -4.11. The highest BCUT2D eigenvalue weighted by Crippen LogP contribution is 2.66. The summed E-state index contributed by atoms with van der Waals surface area (Å²) in [7, 11) is -4.11. The van der Waals surface area contributed by atoms with Gasteiger partial charge >= 0.3 is 0 Å². The maximum atomic E-state index is 12.0. The fourth-order valence-electron chi connectivity index (χ4n) is 6.00. The lowest BCUT2D eigenvalue weighted by atomic mass is 9.43. The fourth-order valence-corrected chi connectivity index (χ4v) is 7.00. The van der Waals surface area contributed by atoms with Crippen LogP contribution in [-0.2, 0) is 14.9 Å². The largest absolute Gasteiger partial charge is 0.369 e. The molecule has 4 bridgehead atoms. The van der Waals surface area contributed by atoms with Crippen molar-refractivity contribution in [3.63, 3.8) is 0 Å². The van der Waals surface area contributed by atoms with Crippen LogP contribution < -0.4 is 11.5 Å². The summed E-state index contributed by atoms with van der Waals surface area (Å²) in [5.41, 5.74) is 10.6. The zero-order chi connectivity index (χ0) is 16.2. The number of nitrogens with two attached hydrogens (primary N) is 2. The van der Waals surface area contributed by atoms with Crippen molar-refractivity contribution in [3.8, 4) is 0 Å². The van der Waals surface area contributed by atoms with E-state index < -0.39 is 20.8 Å². The summed E-state index contributed by atoms with van der Waals surface area (Å²) in [6.07, 6.45) is 6.10. The van der Waals surface area contributed by atoms with E-state index in [0.717, 1.165) is 32.1 Å². The topological polar surface area (TPSA) is 123 Å². The van der Waals surface area contributed by atoms with Gasteiger partial charge in [0, 0.05) is 0 Å². The van der Waals surface area contributed by atoms with Crippen LogP contribution in [0.1, 0.15) is 51.4 Å². The van der Waals surface area contributed by atoms with E-state index in [9.17, 15) is 17.8 Å². The van der Waals surface area contributed by atoms with Crippen molar-refractivity contribution in [2.45, 2.75) is 56.6 Å². The molecule has 4 aliphatic carbocycles. The summed E-state index contributed by atoms with van der Waals surface area (Å²) in [6, 6.07) is 0. The average Bonchev–Trinajstić information content (AvgIpc) is 2.35. The monoisotopic (exact) mass is 330 g/mol. The van der Waals surface area contributed by atoms with Gasteiger partial charge in [-0.25, -0.2) is 0 Å². The first kappa shape index (κ1) is 16.2. The van der Waals surface area contributed by atoms with Crippen molar-refractivity contribution in [2.75, 3.05) is 6.54 Å². The van der Waals surface area contributed by atoms with Crippen LogP contribution in [0.4, 0.5) is 0 Å². The van der Waals surface area contributed by atoms with Crippen LogP contribution >= 0.6 is 0 Å². The van der Waals surface area contributed by atoms with Crippen LogP contribution in [0, 0.1) is 22.7 Å². The Hall–Kier alpha value is -0.660. The van der Waals surface area contributed by atoms with Gasteiger partial charge in [0.25, 0.3) is 10.1 Å². The number of carbonyl (C=O) groups excluding carboxylic acids is 1. The molecule has 0 saturated heterocycles. The molecule has 4 rings (SSSR count). The maximum absolute atomic E-state index is 12.0. The van der Waals surface area contributed by atoms with Gasteiger partial charge in [-0.2, -0.15) is 8.42 Å². The molecule has 0 heterocycles. The molecule has 126 valence electrons. The van der Waals surface area contributed by atoms with Crippen LogP contribution in [0.15, 0.2) is 0 Å². The molecule has 22 heavy (non-hydrogen) atoms. The summed E-state index contributed by atoms with van der Waals surface area (Å²) < 4.78 is 32.8. The summed E-state index contributed by atoms with van der Waals surface area (Å²) >= 11 is 0. The number of carbonyl (C=O) groups is 1. The first-order valence-corrected chi connectivity index (χ1v) is 9.65. The molecule has 5 N–H and O–H groups in total. The molecule has 0 aromatic rings. The van der Waals surface area contributed by atoms with Crippen molar-refractivity contribution < 1.29 is 17.8 Å². The predicted molar refractivity (Wildman–Crippen MR) is 82.4 cm³/mol. The van der Waals surface area contributed by atoms with Gasteiger partial charge < -0.3 is 11.5 Å². The van der Waals surface area contributed by atoms with Gasteiger partial charge in [-0.15, -0.1) is 0 Å². The third-order valence-corrected chi connectivity index (χ3v) is 7.52. The quantitative estimate of drug-likeness (QED) is 0.628. The van der Waals surface area contributed by atoms with Gasteiger partial charge in [0.05, 0.1) is 10.7 Å². The Balaban J connectivity index is 1.88. The molecule has 7 heteroatoms. The van der Waals surface area contributed by atoms with E-state index in [1.165, 1.54) is 0 Å². The van der Waals surface area contributed by atoms with Crippen LogP contribution in [0.5, 0.6) is 0 Å². The van der Waals surface area contributed by atoms with E-state index in [4.69, 9.17) is 11.5 Å². The molecule has 0 aromatic heterocycles. The predicted octanol–water partition coefficient (Wildman–Crippen LogP) is 1.05. The number of rotatable bonds is 6. The summed E-state index contributed by atoms with van der Waals surface area (Å²) in [5, 5.41) is -0.821. The normalized spacial score (nSPS) is 41.5. The molecule has 0 radical (unpaired) electrons. The Morgan fingerprint density at radius 3 is 2.27 bits per heavy atom. The van der Waals surface area contributed by atoms with Crippen molar-refractivity contribution >= 4 is 16.0 Å². The first-order valence-electron chi connectivity index (χ1n) is 8.14.